The number of halogens is 16. The van der Waals surface area contributed by atoms with Gasteiger partial charge in [0.2, 0.25) is 0 Å². The molecule has 0 amide bonds. The Kier molecular flexibility index (Phi) is 9.44. The summed E-state index contributed by atoms with van der Waals surface area (Å²) in [4.78, 5) is 0. The van der Waals surface area contributed by atoms with Crippen molar-refractivity contribution in [3.05, 3.63) is 47.5 Å². The van der Waals surface area contributed by atoms with Crippen molar-refractivity contribution in [1.82, 2.24) is 0 Å². The first kappa shape index (κ1) is 37.2. The Labute approximate surface area is 241 Å². The van der Waals surface area contributed by atoms with E-state index in [-0.39, 0.29) is 16.8 Å². The van der Waals surface area contributed by atoms with E-state index >= 15 is 0 Å². The Morgan fingerprint density at radius 1 is 0.600 bits per heavy atom. The smallest absolute Gasteiger partial charge is 0.385 e. The Bertz CT molecular complexity index is 1440. The number of anilines is 2. The normalized spacial score (nSPS) is 14.2. The molecule has 0 saturated carbocycles. The zero-order valence-electron chi connectivity index (χ0n) is 21.8. The van der Waals surface area contributed by atoms with Gasteiger partial charge in [-0.1, -0.05) is 0 Å². The molecule has 2 rings (SSSR count). The van der Waals surface area contributed by atoms with Crippen molar-refractivity contribution in [2.24, 2.45) is 0 Å². The maximum Gasteiger partial charge on any atom is 0.385 e. The van der Waals surface area contributed by atoms with Crippen LogP contribution in [-0.4, -0.2) is 60.6 Å². The summed E-state index contributed by atoms with van der Waals surface area (Å²) >= 11 is 0. The molecule has 0 aliphatic rings. The van der Waals surface area contributed by atoms with Gasteiger partial charge in [0.15, 0.2) is 13.2 Å². The molecule has 0 aromatic heterocycles. The number of hydrogen-bond acceptors (Lipinski definition) is 5. The Hall–Kier alpha value is -3.99. The SMILES string of the molecule is Cc1cc(OCC(F)(F)C(F)(F)C(F)(F)C(F)(F)C(F)(F)C(F)(F)C(F)(F)C(F)(F)COc2ccc(N)cc2N)ccc1C#N. The number of nitrogen functional groups attached to an aromatic ring is 2. The summed E-state index contributed by atoms with van der Waals surface area (Å²) in [6, 6.07) is 5.84. The quantitative estimate of drug-likeness (QED) is 0.168. The van der Waals surface area contributed by atoms with Gasteiger partial charge in [-0.15, -0.1) is 0 Å². The van der Waals surface area contributed by atoms with E-state index in [1.165, 1.54) is 0 Å². The number of nitriles is 1. The van der Waals surface area contributed by atoms with Gasteiger partial charge in [0, 0.05) is 5.69 Å². The molecule has 0 radical (unpaired) electrons. The number of rotatable bonds is 13. The zero-order valence-corrected chi connectivity index (χ0v) is 21.8. The van der Waals surface area contributed by atoms with E-state index in [4.69, 9.17) is 16.7 Å². The van der Waals surface area contributed by atoms with Crippen LogP contribution < -0.4 is 20.9 Å². The largest absolute Gasteiger partial charge is 0.487 e. The minimum absolute atomic E-state index is 0.0797. The molecule has 45 heavy (non-hydrogen) atoms. The van der Waals surface area contributed by atoms with Gasteiger partial charge in [0.05, 0.1) is 17.3 Å². The summed E-state index contributed by atoms with van der Waals surface area (Å²) in [6.45, 7) is -4.96. The fraction of sp³-hybridized carbons (Fsp3) is 0.458. The summed E-state index contributed by atoms with van der Waals surface area (Å²) in [5.41, 5.74) is 9.33. The average Bonchev–Trinajstić information content (AvgIpc) is 2.90. The Morgan fingerprint density at radius 2 is 1.02 bits per heavy atom. The molecule has 4 N–H and O–H groups in total. The lowest BCUT2D eigenvalue weighted by Crippen LogP contribution is -2.75. The fourth-order valence-corrected chi connectivity index (χ4v) is 3.32. The Morgan fingerprint density at radius 3 is 1.42 bits per heavy atom. The standard InChI is InChI=1S/C24H17F16N3O2/c1-11-6-14(4-2-12(11)8-41)44-9-17(25,26)19(29,30)21(33,34)23(37,38)24(39,40)22(35,36)20(31,32)18(27,28)10-45-16-5-3-13(42)7-15(16)43/h2-7H,9-10,42-43H2,1H3. The van der Waals surface area contributed by atoms with Crippen LogP contribution in [-0.2, 0) is 0 Å². The van der Waals surface area contributed by atoms with Gasteiger partial charge in [-0.2, -0.15) is 75.5 Å². The van der Waals surface area contributed by atoms with Crippen molar-refractivity contribution >= 4 is 11.4 Å². The summed E-state index contributed by atoms with van der Waals surface area (Å²) in [5.74, 6) is -64.7. The van der Waals surface area contributed by atoms with Crippen LogP contribution in [0, 0.1) is 18.3 Å². The highest BCUT2D eigenvalue weighted by Crippen LogP contribution is 2.63. The van der Waals surface area contributed by atoms with E-state index in [0.717, 1.165) is 25.1 Å². The summed E-state index contributed by atoms with van der Waals surface area (Å²) < 4.78 is 234. The number of aryl methyl sites for hydroxylation is 1. The van der Waals surface area contributed by atoms with Crippen LogP contribution in [0.4, 0.5) is 81.6 Å². The van der Waals surface area contributed by atoms with Crippen molar-refractivity contribution in [2.75, 3.05) is 24.7 Å². The zero-order chi connectivity index (χ0) is 35.2. The number of nitrogens with zero attached hydrogens (tertiary/aromatic N) is 1. The van der Waals surface area contributed by atoms with Gasteiger partial charge in [0.1, 0.15) is 11.5 Å². The molecule has 0 saturated heterocycles. The lowest BCUT2D eigenvalue weighted by atomic mass is 9.88. The Balaban J connectivity index is 2.43. The minimum Gasteiger partial charge on any atom is -0.487 e. The number of ether oxygens (including phenoxy) is 2. The number of hydrogen-bond donors (Lipinski definition) is 2. The van der Waals surface area contributed by atoms with E-state index in [2.05, 4.69) is 9.47 Å². The molecular formula is C24H17F16N3O2. The summed E-state index contributed by atoms with van der Waals surface area (Å²) in [6.07, 6.45) is 0. The fourth-order valence-electron chi connectivity index (χ4n) is 3.32. The summed E-state index contributed by atoms with van der Waals surface area (Å²) in [5, 5.41) is 8.77. The second-order valence-corrected chi connectivity index (χ2v) is 9.32. The highest BCUT2D eigenvalue weighted by Gasteiger charge is 2.94. The van der Waals surface area contributed by atoms with Gasteiger partial charge in [-0.3, -0.25) is 0 Å². The van der Waals surface area contributed by atoms with Crippen LogP contribution in [0.2, 0.25) is 0 Å². The third-order valence-corrected chi connectivity index (χ3v) is 6.07. The highest BCUT2D eigenvalue weighted by molar-refractivity contribution is 5.60. The molecule has 0 spiro atoms. The van der Waals surface area contributed by atoms with E-state index in [9.17, 15) is 70.2 Å². The van der Waals surface area contributed by atoms with Gasteiger partial charge < -0.3 is 20.9 Å². The lowest BCUT2D eigenvalue weighted by Gasteiger charge is -2.43. The molecule has 0 fully saturated rings. The van der Waals surface area contributed by atoms with Gasteiger partial charge in [-0.05, 0) is 48.9 Å². The maximum atomic E-state index is 14.2. The third-order valence-electron chi connectivity index (χ3n) is 6.07. The highest BCUT2D eigenvalue weighted by atomic mass is 19.4. The van der Waals surface area contributed by atoms with Crippen LogP contribution >= 0.6 is 0 Å². The summed E-state index contributed by atoms with van der Waals surface area (Å²) in [7, 11) is 0. The van der Waals surface area contributed by atoms with Crippen molar-refractivity contribution in [3.8, 4) is 17.6 Å². The second kappa shape index (κ2) is 11.4. The van der Waals surface area contributed by atoms with Gasteiger partial charge >= 0.3 is 47.4 Å². The number of nitrogens with two attached hydrogens (primary N) is 2. The molecule has 252 valence electrons. The first-order valence-electron chi connectivity index (χ1n) is 11.5. The topological polar surface area (TPSA) is 94.3 Å². The van der Waals surface area contributed by atoms with E-state index < -0.39 is 77.8 Å². The monoisotopic (exact) mass is 683 g/mol. The first-order chi connectivity index (χ1) is 20.1. The number of alkyl halides is 16. The molecule has 5 nitrogen and oxygen atoms in total. The van der Waals surface area contributed by atoms with Crippen molar-refractivity contribution in [3.63, 3.8) is 0 Å². The van der Waals surface area contributed by atoms with Crippen molar-refractivity contribution in [2.45, 2.75) is 54.3 Å². The molecule has 0 unspecified atom stereocenters. The third kappa shape index (κ3) is 5.90. The molecule has 0 aliphatic heterocycles. The molecule has 0 bridgehead atoms. The van der Waals surface area contributed by atoms with E-state index in [0.29, 0.717) is 18.2 Å². The van der Waals surface area contributed by atoms with Crippen LogP contribution in [0.1, 0.15) is 11.1 Å². The van der Waals surface area contributed by atoms with Crippen LogP contribution in [0.25, 0.3) is 0 Å². The molecule has 2 aromatic carbocycles. The van der Waals surface area contributed by atoms with Crippen LogP contribution in [0.3, 0.4) is 0 Å². The van der Waals surface area contributed by atoms with E-state index in [1.54, 1.807) is 6.07 Å². The molecule has 2 aromatic rings. The molecule has 21 heteroatoms. The van der Waals surface area contributed by atoms with E-state index in [1.807, 2.05) is 0 Å². The number of benzene rings is 2. The van der Waals surface area contributed by atoms with Gasteiger partial charge in [0.25, 0.3) is 0 Å². The predicted octanol–water partition coefficient (Wildman–Crippen LogP) is 7.57. The first-order valence-corrected chi connectivity index (χ1v) is 11.5. The van der Waals surface area contributed by atoms with Crippen molar-refractivity contribution < 1.29 is 79.7 Å². The van der Waals surface area contributed by atoms with Gasteiger partial charge in [-0.25, -0.2) is 0 Å². The average molecular weight is 683 g/mol. The van der Waals surface area contributed by atoms with Crippen LogP contribution in [0.5, 0.6) is 11.5 Å². The predicted molar refractivity (Wildman–Crippen MR) is 122 cm³/mol. The minimum atomic E-state index is -8.58. The maximum absolute atomic E-state index is 14.2. The molecule has 0 heterocycles. The molecule has 0 aliphatic carbocycles. The lowest BCUT2D eigenvalue weighted by molar-refractivity contribution is -0.454. The second-order valence-electron chi connectivity index (χ2n) is 9.32. The molecule has 0 atom stereocenters. The van der Waals surface area contributed by atoms with Crippen LogP contribution in [0.15, 0.2) is 36.4 Å². The van der Waals surface area contributed by atoms with Crippen molar-refractivity contribution in [1.29, 1.82) is 5.26 Å². The molecular weight excluding hydrogens is 666 g/mol.